The molecule has 3 nitrogen and oxygen atoms in total. The third kappa shape index (κ3) is 3.95. The van der Waals surface area contributed by atoms with Gasteiger partial charge in [0.2, 0.25) is 0 Å². The predicted octanol–water partition coefficient (Wildman–Crippen LogP) is 8.19. The number of benzene rings is 6. The van der Waals surface area contributed by atoms with Crippen molar-refractivity contribution >= 4 is 44.1 Å². The van der Waals surface area contributed by atoms with E-state index >= 15 is 0 Å². The molecule has 0 saturated heterocycles. The summed E-state index contributed by atoms with van der Waals surface area (Å²) < 4.78 is 0. The molecule has 178 valence electrons. The molecular weight excluding hydrogens is 454 g/mol. The highest BCUT2D eigenvalue weighted by Crippen LogP contribution is 2.33. The van der Waals surface area contributed by atoms with Crippen LogP contribution in [0.15, 0.2) is 127 Å². The molecule has 0 aliphatic rings. The van der Waals surface area contributed by atoms with E-state index in [1.165, 1.54) is 4.90 Å². The van der Waals surface area contributed by atoms with Gasteiger partial charge in [0.25, 0.3) is 11.8 Å². The van der Waals surface area contributed by atoms with Gasteiger partial charge in [-0.15, -0.1) is 0 Å². The molecule has 2 amide bonds. The number of fused-ring (bicyclic) bond motifs is 3. The van der Waals surface area contributed by atoms with Gasteiger partial charge in [-0.05, 0) is 56.9 Å². The van der Waals surface area contributed by atoms with Gasteiger partial charge >= 0.3 is 0 Å². The molecule has 0 spiro atoms. The van der Waals surface area contributed by atoms with E-state index in [0.29, 0.717) is 11.1 Å². The fourth-order valence-electron chi connectivity index (χ4n) is 5.23. The normalized spacial score (nSPS) is 12.0. The molecule has 6 aromatic rings. The van der Waals surface area contributed by atoms with Crippen molar-refractivity contribution in [3.63, 3.8) is 0 Å². The van der Waals surface area contributed by atoms with E-state index in [4.69, 9.17) is 0 Å². The number of imide groups is 1. The zero-order chi connectivity index (χ0) is 25.4. The zero-order valence-electron chi connectivity index (χ0n) is 20.5. The Morgan fingerprint density at radius 1 is 0.541 bits per heavy atom. The second-order valence-corrected chi connectivity index (χ2v) is 9.29. The van der Waals surface area contributed by atoms with E-state index < -0.39 is 6.04 Å². The standard InChI is InChI=1S/C34H25NO2/c1-23(24-12-3-2-4-13-24)35(33(36)31-21-11-17-25-14-5-8-18-28(25)31)34(37)32-29-19-9-6-15-26(29)22-27-16-7-10-20-30(27)32/h2-23H,1H3/t23-/m0/s1. The SMILES string of the molecule is C[C@@H](c1ccccc1)N(C(=O)c1cccc2ccccc12)C(=O)c1c2ccccc2cc2ccccc12. The lowest BCUT2D eigenvalue weighted by atomic mass is 9.94. The van der Waals surface area contributed by atoms with Gasteiger partial charge in [-0.3, -0.25) is 14.5 Å². The van der Waals surface area contributed by atoms with E-state index in [0.717, 1.165) is 37.9 Å². The first-order valence-electron chi connectivity index (χ1n) is 12.4. The fraction of sp³-hybridized carbons (Fsp3) is 0.0588. The van der Waals surface area contributed by atoms with Gasteiger partial charge in [0, 0.05) is 5.56 Å². The molecule has 0 saturated carbocycles. The maximum Gasteiger partial charge on any atom is 0.262 e. The third-order valence-electron chi connectivity index (χ3n) is 7.11. The molecule has 1 atom stereocenters. The van der Waals surface area contributed by atoms with Gasteiger partial charge in [-0.2, -0.15) is 0 Å². The van der Waals surface area contributed by atoms with Crippen molar-refractivity contribution < 1.29 is 9.59 Å². The Hall–Kier alpha value is -4.76. The van der Waals surface area contributed by atoms with Crippen LogP contribution >= 0.6 is 0 Å². The van der Waals surface area contributed by atoms with Crippen LogP contribution in [0.3, 0.4) is 0 Å². The molecule has 3 heteroatoms. The van der Waals surface area contributed by atoms with Crippen LogP contribution in [0.2, 0.25) is 0 Å². The van der Waals surface area contributed by atoms with Crippen molar-refractivity contribution in [3.8, 4) is 0 Å². The Kier molecular flexibility index (Phi) is 5.74. The monoisotopic (exact) mass is 479 g/mol. The Labute approximate surface area is 215 Å². The number of hydrogen-bond donors (Lipinski definition) is 0. The van der Waals surface area contributed by atoms with Crippen molar-refractivity contribution in [2.45, 2.75) is 13.0 Å². The smallest absolute Gasteiger partial charge is 0.262 e. The number of carbonyl (C=O) groups excluding carboxylic acids is 2. The number of nitrogens with zero attached hydrogens (tertiary/aromatic N) is 1. The highest BCUT2D eigenvalue weighted by Gasteiger charge is 2.32. The lowest BCUT2D eigenvalue weighted by Crippen LogP contribution is -2.39. The molecule has 6 aromatic carbocycles. The first-order valence-corrected chi connectivity index (χ1v) is 12.4. The van der Waals surface area contributed by atoms with Crippen LogP contribution < -0.4 is 0 Å². The highest BCUT2D eigenvalue weighted by atomic mass is 16.2. The summed E-state index contributed by atoms with van der Waals surface area (Å²) in [5, 5.41) is 5.40. The molecule has 6 rings (SSSR count). The molecule has 0 fully saturated rings. The lowest BCUT2D eigenvalue weighted by Gasteiger charge is -2.29. The molecule has 0 aliphatic heterocycles. The van der Waals surface area contributed by atoms with Gasteiger partial charge < -0.3 is 0 Å². The van der Waals surface area contributed by atoms with E-state index in [1.807, 2.05) is 128 Å². The molecule has 0 bridgehead atoms. The number of carbonyl (C=O) groups is 2. The van der Waals surface area contributed by atoms with Crippen LogP contribution in [0.1, 0.15) is 39.2 Å². The van der Waals surface area contributed by atoms with E-state index in [-0.39, 0.29) is 11.8 Å². The van der Waals surface area contributed by atoms with Crippen LogP contribution in [0.4, 0.5) is 0 Å². The first kappa shape index (κ1) is 22.7. The van der Waals surface area contributed by atoms with Gasteiger partial charge in [0.15, 0.2) is 0 Å². The molecule has 0 aromatic heterocycles. The summed E-state index contributed by atoms with van der Waals surface area (Å²) >= 11 is 0. The molecule has 37 heavy (non-hydrogen) atoms. The summed E-state index contributed by atoms with van der Waals surface area (Å²) in [7, 11) is 0. The second kappa shape index (κ2) is 9.36. The highest BCUT2D eigenvalue weighted by molar-refractivity contribution is 6.23. The maximum atomic E-state index is 14.6. The minimum atomic E-state index is -0.474. The topological polar surface area (TPSA) is 37.4 Å². The predicted molar refractivity (Wildman–Crippen MR) is 151 cm³/mol. The third-order valence-corrected chi connectivity index (χ3v) is 7.11. The molecule has 0 unspecified atom stereocenters. The van der Waals surface area contributed by atoms with Crippen LogP contribution in [-0.2, 0) is 0 Å². The van der Waals surface area contributed by atoms with Crippen molar-refractivity contribution in [1.29, 1.82) is 0 Å². The van der Waals surface area contributed by atoms with Crippen molar-refractivity contribution in [2.24, 2.45) is 0 Å². The average molecular weight is 480 g/mol. The van der Waals surface area contributed by atoms with Crippen molar-refractivity contribution in [2.75, 3.05) is 0 Å². The van der Waals surface area contributed by atoms with Gasteiger partial charge in [0.1, 0.15) is 0 Å². The quantitative estimate of drug-likeness (QED) is 0.189. The van der Waals surface area contributed by atoms with Crippen molar-refractivity contribution in [3.05, 3.63) is 144 Å². The molecule has 0 aliphatic carbocycles. The van der Waals surface area contributed by atoms with Gasteiger partial charge in [-0.25, -0.2) is 0 Å². The van der Waals surface area contributed by atoms with Gasteiger partial charge in [0.05, 0.1) is 11.6 Å². The lowest BCUT2D eigenvalue weighted by molar-refractivity contribution is 0.0559. The second-order valence-electron chi connectivity index (χ2n) is 9.29. The van der Waals surface area contributed by atoms with Crippen LogP contribution in [0, 0.1) is 0 Å². The maximum absolute atomic E-state index is 14.6. The minimum absolute atomic E-state index is 0.303. The molecule has 0 heterocycles. The Morgan fingerprint density at radius 3 is 1.70 bits per heavy atom. The first-order chi connectivity index (χ1) is 18.1. The number of rotatable bonds is 4. The average Bonchev–Trinajstić information content (AvgIpc) is 2.96. The van der Waals surface area contributed by atoms with Crippen molar-refractivity contribution in [1.82, 2.24) is 4.90 Å². The van der Waals surface area contributed by atoms with Gasteiger partial charge in [-0.1, -0.05) is 115 Å². The molecule has 0 radical (unpaired) electrons. The minimum Gasteiger partial charge on any atom is -0.269 e. The van der Waals surface area contributed by atoms with Crippen LogP contribution in [0.5, 0.6) is 0 Å². The Morgan fingerprint density at radius 2 is 1.05 bits per heavy atom. The summed E-state index contributed by atoms with van der Waals surface area (Å²) in [6.07, 6.45) is 0. The summed E-state index contributed by atoms with van der Waals surface area (Å²) in [6, 6.07) is 40.6. The largest absolute Gasteiger partial charge is 0.269 e. The van der Waals surface area contributed by atoms with Crippen LogP contribution in [0.25, 0.3) is 32.3 Å². The fourth-order valence-corrected chi connectivity index (χ4v) is 5.23. The van der Waals surface area contributed by atoms with E-state index in [2.05, 4.69) is 6.07 Å². The van der Waals surface area contributed by atoms with E-state index in [1.54, 1.807) is 0 Å². The summed E-state index contributed by atoms with van der Waals surface area (Å²) in [5.74, 6) is -0.613. The summed E-state index contributed by atoms with van der Waals surface area (Å²) in [4.78, 5) is 30.4. The molecule has 0 N–H and O–H groups in total. The number of hydrogen-bond acceptors (Lipinski definition) is 2. The summed E-state index contributed by atoms with van der Waals surface area (Å²) in [5.41, 5.74) is 1.96. The van der Waals surface area contributed by atoms with E-state index in [9.17, 15) is 9.59 Å². The number of amides is 2. The Balaban J connectivity index is 1.60. The Bertz CT molecular complexity index is 1730. The molecular formula is C34H25NO2. The summed E-state index contributed by atoms with van der Waals surface area (Å²) in [6.45, 7) is 1.92. The zero-order valence-corrected chi connectivity index (χ0v) is 20.5. The van der Waals surface area contributed by atoms with Crippen LogP contribution in [-0.4, -0.2) is 16.7 Å².